The number of rotatable bonds is 8. The SMILES string of the molecule is CCc1c(F)ccc2cc(OCOC)cc(-c3nc4c5c(nc(OC[C@]67CCCN6C[C@@H](F)C7)nc5c3F)N3C[C@@H]5CC[C@H]([C@@H]3CO4)N5C(=O)OC(C)(C)C)c12. The lowest BCUT2D eigenvalue weighted by Crippen LogP contribution is -2.63. The van der Waals surface area contributed by atoms with E-state index in [9.17, 15) is 9.18 Å². The predicted molar refractivity (Wildman–Crippen MR) is 202 cm³/mol. The minimum absolute atomic E-state index is 0.0528. The molecule has 15 heteroatoms. The number of amides is 1. The van der Waals surface area contributed by atoms with E-state index in [0.717, 1.165) is 25.8 Å². The average molecular weight is 777 g/mol. The number of aromatic nitrogens is 3. The van der Waals surface area contributed by atoms with E-state index < -0.39 is 28.9 Å². The molecule has 56 heavy (non-hydrogen) atoms. The van der Waals surface area contributed by atoms with Crippen molar-refractivity contribution in [3.05, 3.63) is 41.5 Å². The van der Waals surface area contributed by atoms with Gasteiger partial charge in [0.05, 0.1) is 23.7 Å². The van der Waals surface area contributed by atoms with Crippen molar-refractivity contribution < 1.29 is 41.7 Å². The molecule has 0 saturated carbocycles. The Bertz CT molecular complexity index is 2220. The summed E-state index contributed by atoms with van der Waals surface area (Å²) in [6.45, 7) is 9.09. The Morgan fingerprint density at radius 3 is 2.68 bits per heavy atom. The van der Waals surface area contributed by atoms with E-state index >= 15 is 8.78 Å². The fourth-order valence-electron chi connectivity index (χ4n) is 9.78. The lowest BCUT2D eigenvalue weighted by Gasteiger charge is -2.46. The summed E-state index contributed by atoms with van der Waals surface area (Å²) >= 11 is 0. The summed E-state index contributed by atoms with van der Waals surface area (Å²) < 4.78 is 77.5. The highest BCUT2D eigenvalue weighted by atomic mass is 19.1. The first kappa shape index (κ1) is 37.0. The number of ether oxygens (including phenoxy) is 5. The van der Waals surface area contributed by atoms with E-state index in [1.54, 1.807) is 18.2 Å². The number of hydrogen-bond acceptors (Lipinski definition) is 11. The average Bonchev–Trinajstić information content (AvgIpc) is 3.76. The van der Waals surface area contributed by atoms with E-state index in [1.807, 2.05) is 32.6 Å². The van der Waals surface area contributed by atoms with Crippen LogP contribution >= 0.6 is 0 Å². The van der Waals surface area contributed by atoms with Crippen LogP contribution in [0.4, 0.5) is 23.8 Å². The Morgan fingerprint density at radius 2 is 1.89 bits per heavy atom. The Morgan fingerprint density at radius 1 is 1.05 bits per heavy atom. The van der Waals surface area contributed by atoms with Gasteiger partial charge in [-0.05, 0) is 94.0 Å². The number of benzene rings is 2. The number of fused-ring (bicyclic) bond motifs is 7. The topological polar surface area (TPSA) is 112 Å². The second-order valence-electron chi connectivity index (χ2n) is 16.7. The molecule has 4 saturated heterocycles. The lowest BCUT2D eigenvalue weighted by atomic mass is 9.94. The third-order valence-corrected chi connectivity index (χ3v) is 12.1. The summed E-state index contributed by atoms with van der Waals surface area (Å²) in [6.07, 6.45) is 2.50. The third-order valence-electron chi connectivity index (χ3n) is 12.1. The van der Waals surface area contributed by atoms with E-state index in [0.29, 0.717) is 65.8 Å². The fourth-order valence-corrected chi connectivity index (χ4v) is 9.78. The molecule has 12 nitrogen and oxygen atoms in total. The number of hydrogen-bond donors (Lipinski definition) is 0. The molecule has 9 rings (SSSR count). The van der Waals surface area contributed by atoms with Crippen molar-refractivity contribution in [2.75, 3.05) is 51.7 Å². The van der Waals surface area contributed by atoms with Crippen molar-refractivity contribution in [3.8, 4) is 28.9 Å². The Labute approximate surface area is 323 Å². The van der Waals surface area contributed by atoms with Gasteiger partial charge in [-0.3, -0.25) is 9.80 Å². The molecule has 4 fully saturated rings. The molecule has 2 aromatic heterocycles. The maximum Gasteiger partial charge on any atom is 0.410 e. The summed E-state index contributed by atoms with van der Waals surface area (Å²) in [5, 5.41) is 1.39. The van der Waals surface area contributed by atoms with Gasteiger partial charge < -0.3 is 28.6 Å². The van der Waals surface area contributed by atoms with Crippen molar-refractivity contribution >= 4 is 33.6 Å². The van der Waals surface area contributed by atoms with Crippen LogP contribution in [0.15, 0.2) is 24.3 Å². The van der Waals surface area contributed by atoms with Crippen LogP contribution in [0.3, 0.4) is 0 Å². The van der Waals surface area contributed by atoms with Crippen LogP contribution in [0.5, 0.6) is 17.6 Å². The van der Waals surface area contributed by atoms with Gasteiger partial charge >= 0.3 is 12.1 Å². The fraction of sp³-hybridized carbons (Fsp3) is 0.561. The maximum absolute atomic E-state index is 17.6. The van der Waals surface area contributed by atoms with Gasteiger partial charge in [0.25, 0.3) is 0 Å². The van der Waals surface area contributed by atoms with Gasteiger partial charge in [-0.15, -0.1) is 0 Å². The zero-order valence-electron chi connectivity index (χ0n) is 32.4. The largest absolute Gasteiger partial charge is 0.475 e. The molecule has 5 aliphatic heterocycles. The molecular weight excluding hydrogens is 729 g/mol. The number of alkyl halides is 1. The first-order valence-electron chi connectivity index (χ1n) is 19.6. The summed E-state index contributed by atoms with van der Waals surface area (Å²) in [5.74, 6) is -0.320. The van der Waals surface area contributed by atoms with Gasteiger partial charge in [-0.1, -0.05) is 13.0 Å². The molecule has 0 spiro atoms. The molecule has 0 aliphatic carbocycles. The summed E-state index contributed by atoms with van der Waals surface area (Å²) in [5.41, 5.74) is -0.665. The summed E-state index contributed by atoms with van der Waals surface area (Å²) in [6, 6.07) is 5.50. The van der Waals surface area contributed by atoms with Crippen LogP contribution in [-0.2, 0) is 15.9 Å². The minimum atomic E-state index is -0.958. The number of nitrogens with zero attached hydrogens (tertiary/aromatic N) is 6. The standard InChI is InChI=1S/C41H47F3N6O6/c1-6-26-28(43)10-8-22-14-25(55-21-52-5)15-27(31(22)26)34-33(44)35-32-36(47-38(46-35)54-20-41-12-7-13-48(41)17-23(42)16-41)49-18-24-9-11-29(30(49)19-53-37(32)45-34)50(24)39(51)56-40(2,3)4/h8,10,14-15,23-24,29-30H,6-7,9,11-13,16-21H2,1-5H3/t23-,24-,29+,30-,41+/m0/s1. The van der Waals surface area contributed by atoms with Crippen molar-refractivity contribution in [2.24, 2.45) is 0 Å². The molecule has 0 radical (unpaired) electrons. The molecule has 5 atom stereocenters. The highest BCUT2D eigenvalue weighted by Crippen LogP contribution is 2.47. The van der Waals surface area contributed by atoms with E-state index in [2.05, 4.69) is 9.80 Å². The molecule has 5 aliphatic rings. The normalized spacial score (nSPS) is 25.6. The van der Waals surface area contributed by atoms with Gasteiger partial charge in [-0.25, -0.2) is 22.9 Å². The number of methoxy groups -OCH3 is 1. The minimum Gasteiger partial charge on any atom is -0.475 e. The van der Waals surface area contributed by atoms with Gasteiger partial charge in [0, 0.05) is 32.2 Å². The smallest absolute Gasteiger partial charge is 0.410 e. The number of pyridine rings is 1. The molecule has 0 N–H and O–H groups in total. The number of carbonyl (C=O) groups is 1. The van der Waals surface area contributed by atoms with Gasteiger partial charge in [0.2, 0.25) is 5.88 Å². The zero-order chi connectivity index (χ0) is 39.1. The highest BCUT2D eigenvalue weighted by Gasteiger charge is 2.52. The maximum atomic E-state index is 17.6. The Kier molecular flexibility index (Phi) is 9.10. The van der Waals surface area contributed by atoms with Gasteiger partial charge in [0.1, 0.15) is 59.0 Å². The molecule has 7 heterocycles. The van der Waals surface area contributed by atoms with Gasteiger partial charge in [0.15, 0.2) is 12.6 Å². The lowest BCUT2D eigenvalue weighted by molar-refractivity contribution is 0.00537. The second kappa shape index (κ2) is 13.8. The number of anilines is 1. The number of carbonyl (C=O) groups excluding carboxylic acids is 1. The van der Waals surface area contributed by atoms with Crippen LogP contribution in [0.1, 0.15) is 65.4 Å². The predicted octanol–water partition coefficient (Wildman–Crippen LogP) is 6.97. The molecular formula is C41H47F3N6O6. The number of halogens is 3. The monoisotopic (exact) mass is 776 g/mol. The number of aryl methyl sites for hydroxylation is 1. The highest BCUT2D eigenvalue weighted by molar-refractivity contribution is 6.03. The molecule has 4 aromatic rings. The molecule has 2 bridgehead atoms. The zero-order valence-corrected chi connectivity index (χ0v) is 32.4. The van der Waals surface area contributed by atoms with Crippen LogP contribution in [-0.4, -0.2) is 113 Å². The van der Waals surface area contributed by atoms with Gasteiger partial charge in [-0.2, -0.15) is 9.97 Å². The third kappa shape index (κ3) is 6.12. The summed E-state index contributed by atoms with van der Waals surface area (Å²) in [4.78, 5) is 34.1. The van der Waals surface area contributed by atoms with Crippen LogP contribution < -0.4 is 19.1 Å². The van der Waals surface area contributed by atoms with E-state index in [4.69, 9.17) is 38.6 Å². The summed E-state index contributed by atoms with van der Waals surface area (Å²) in [7, 11) is 1.50. The quantitative estimate of drug-likeness (QED) is 0.173. The van der Waals surface area contributed by atoms with Crippen molar-refractivity contribution in [1.29, 1.82) is 0 Å². The molecule has 298 valence electrons. The molecule has 1 amide bonds. The van der Waals surface area contributed by atoms with Crippen LogP contribution in [0, 0.1) is 11.6 Å². The van der Waals surface area contributed by atoms with Crippen molar-refractivity contribution in [1.82, 2.24) is 24.8 Å². The second-order valence-corrected chi connectivity index (χ2v) is 16.7. The van der Waals surface area contributed by atoms with E-state index in [1.165, 1.54) is 13.2 Å². The molecule has 2 aromatic carbocycles. The number of piperazine rings is 1. The van der Waals surface area contributed by atoms with E-state index in [-0.39, 0.29) is 72.7 Å². The Hall–Kier alpha value is -4.63. The first-order valence-corrected chi connectivity index (χ1v) is 19.6. The first-order chi connectivity index (χ1) is 26.9. The molecule has 0 unspecified atom stereocenters. The van der Waals surface area contributed by atoms with Crippen LogP contribution in [0.25, 0.3) is 32.9 Å². The Balaban J connectivity index is 1.21. The van der Waals surface area contributed by atoms with Crippen molar-refractivity contribution in [3.63, 3.8) is 0 Å². The van der Waals surface area contributed by atoms with Crippen molar-refractivity contribution in [2.45, 2.75) is 102 Å². The van der Waals surface area contributed by atoms with Crippen LogP contribution in [0.2, 0.25) is 0 Å².